The predicted octanol–water partition coefficient (Wildman–Crippen LogP) is 1.56. The third-order valence-electron chi connectivity index (χ3n) is 4.51. The lowest BCUT2D eigenvalue weighted by molar-refractivity contribution is -0.0237. The number of hydrogen-bond acceptors (Lipinski definition) is 5. The summed E-state index contributed by atoms with van der Waals surface area (Å²) < 4.78 is 23.6. The Kier molecular flexibility index (Phi) is 4.31. The molecular formula is C16H21FN2O3. The number of fused-ring (bicyclic) bond motifs is 1. The molecule has 1 saturated heterocycles. The van der Waals surface area contributed by atoms with Gasteiger partial charge >= 0.3 is 0 Å². The van der Waals surface area contributed by atoms with Crippen LogP contribution >= 0.6 is 0 Å². The average molecular weight is 308 g/mol. The summed E-state index contributed by atoms with van der Waals surface area (Å²) in [6.07, 6.45) is 0.713. The van der Waals surface area contributed by atoms with Crippen LogP contribution in [0.4, 0.5) is 4.48 Å². The van der Waals surface area contributed by atoms with Crippen LogP contribution in [0, 0.1) is 5.92 Å². The first-order valence-electron chi connectivity index (χ1n) is 7.54. The number of ketones is 1. The lowest BCUT2D eigenvalue weighted by atomic mass is 10.0. The van der Waals surface area contributed by atoms with E-state index in [0.29, 0.717) is 50.6 Å². The first-order valence-corrected chi connectivity index (χ1v) is 7.54. The number of hydrogen-bond donors (Lipinski definition) is 0. The Bertz CT molecular complexity index is 571. The fraction of sp³-hybridized carbons (Fsp3) is 0.562. The van der Waals surface area contributed by atoms with Gasteiger partial charge in [-0.15, -0.1) is 9.60 Å². The summed E-state index contributed by atoms with van der Waals surface area (Å²) in [5.41, 5.74) is 1.74. The van der Waals surface area contributed by atoms with Crippen LogP contribution in [0.2, 0.25) is 0 Å². The van der Waals surface area contributed by atoms with Crippen LogP contribution in [-0.2, 0) is 6.42 Å². The van der Waals surface area contributed by atoms with E-state index in [1.807, 2.05) is 6.07 Å². The average Bonchev–Trinajstić information content (AvgIpc) is 2.83. The molecule has 5 nitrogen and oxygen atoms in total. The number of ether oxygens (including phenoxy) is 2. The Morgan fingerprint density at radius 3 is 2.41 bits per heavy atom. The minimum Gasteiger partial charge on any atom is -0.493 e. The van der Waals surface area contributed by atoms with Crippen molar-refractivity contribution in [1.82, 2.24) is 10.0 Å². The zero-order valence-corrected chi connectivity index (χ0v) is 13.0. The van der Waals surface area contributed by atoms with Crippen molar-refractivity contribution in [2.45, 2.75) is 6.42 Å². The molecule has 0 bridgehead atoms. The van der Waals surface area contributed by atoms with Gasteiger partial charge in [0.15, 0.2) is 17.3 Å². The number of rotatable bonds is 4. The maximum Gasteiger partial charge on any atom is 0.167 e. The summed E-state index contributed by atoms with van der Waals surface area (Å²) >= 11 is 0. The highest BCUT2D eigenvalue weighted by Crippen LogP contribution is 2.36. The minimum absolute atomic E-state index is 0.0574. The normalized spacial score (nSPS) is 22.7. The quantitative estimate of drug-likeness (QED) is 0.790. The standard InChI is InChI=1S/C16H21FN2O3/c1-21-14-8-11-7-12(10-18-3-5-19(17)6-4-18)16(20)13(11)9-15(14)22-2/h8-9,12H,3-7,10H2,1-2H3. The second-order valence-corrected chi connectivity index (χ2v) is 5.84. The van der Waals surface area contributed by atoms with E-state index in [0.717, 1.165) is 16.2 Å². The molecule has 1 heterocycles. The Balaban J connectivity index is 1.73. The molecule has 2 aliphatic rings. The molecule has 0 spiro atoms. The van der Waals surface area contributed by atoms with Crippen LogP contribution in [0.15, 0.2) is 12.1 Å². The Morgan fingerprint density at radius 1 is 1.14 bits per heavy atom. The van der Waals surface area contributed by atoms with Crippen LogP contribution in [0.1, 0.15) is 15.9 Å². The number of benzene rings is 1. The summed E-state index contributed by atoms with van der Waals surface area (Å²) in [5, 5.41) is 0.831. The van der Waals surface area contributed by atoms with Gasteiger partial charge in [-0.2, -0.15) is 0 Å². The second-order valence-electron chi connectivity index (χ2n) is 5.84. The molecule has 1 unspecified atom stereocenters. The van der Waals surface area contributed by atoms with Gasteiger partial charge in [-0.3, -0.25) is 9.69 Å². The predicted molar refractivity (Wildman–Crippen MR) is 80.2 cm³/mol. The third-order valence-corrected chi connectivity index (χ3v) is 4.51. The van der Waals surface area contributed by atoms with Crippen LogP contribution in [-0.4, -0.2) is 62.7 Å². The maximum absolute atomic E-state index is 13.0. The molecule has 1 aliphatic heterocycles. The number of Topliss-reactive ketones (excluding diaryl/α,β-unsaturated/α-hetero) is 1. The molecule has 3 rings (SSSR count). The molecule has 1 aliphatic carbocycles. The summed E-state index contributed by atoms with van der Waals surface area (Å²) in [6, 6.07) is 3.67. The monoisotopic (exact) mass is 308 g/mol. The Morgan fingerprint density at radius 2 is 1.77 bits per heavy atom. The summed E-state index contributed by atoms with van der Waals surface area (Å²) in [4.78, 5) is 14.8. The van der Waals surface area contributed by atoms with Crippen molar-refractivity contribution in [2.24, 2.45) is 5.92 Å². The molecule has 0 amide bonds. The fourth-order valence-electron chi connectivity index (χ4n) is 3.26. The topological polar surface area (TPSA) is 42.0 Å². The zero-order valence-electron chi connectivity index (χ0n) is 13.0. The summed E-state index contributed by atoms with van der Waals surface area (Å²) in [5.74, 6) is 1.33. The van der Waals surface area contributed by atoms with E-state index in [4.69, 9.17) is 9.47 Å². The van der Waals surface area contributed by atoms with Crippen molar-refractivity contribution in [2.75, 3.05) is 46.9 Å². The number of piperazine rings is 1. The van der Waals surface area contributed by atoms with Gasteiger partial charge in [-0.05, 0) is 24.1 Å². The van der Waals surface area contributed by atoms with Gasteiger partial charge in [0.2, 0.25) is 0 Å². The van der Waals surface area contributed by atoms with Gasteiger partial charge in [0.1, 0.15) is 0 Å². The van der Waals surface area contributed by atoms with Crippen molar-refractivity contribution in [3.63, 3.8) is 0 Å². The molecule has 1 aromatic carbocycles. The number of halogens is 1. The van der Waals surface area contributed by atoms with Crippen molar-refractivity contribution >= 4 is 5.78 Å². The van der Waals surface area contributed by atoms with Crippen molar-refractivity contribution in [3.8, 4) is 11.5 Å². The highest BCUT2D eigenvalue weighted by Gasteiger charge is 2.33. The molecule has 120 valence electrons. The molecule has 6 heteroatoms. The van der Waals surface area contributed by atoms with E-state index in [-0.39, 0.29) is 11.7 Å². The smallest absolute Gasteiger partial charge is 0.167 e. The summed E-state index contributed by atoms with van der Waals surface area (Å²) in [6.45, 7) is 2.85. The molecular weight excluding hydrogens is 287 g/mol. The van der Waals surface area contributed by atoms with Gasteiger partial charge in [-0.25, -0.2) is 0 Å². The van der Waals surface area contributed by atoms with Crippen LogP contribution < -0.4 is 9.47 Å². The summed E-state index contributed by atoms with van der Waals surface area (Å²) in [7, 11) is 3.16. The highest BCUT2D eigenvalue weighted by atomic mass is 19.2. The van der Waals surface area contributed by atoms with Crippen molar-refractivity contribution in [3.05, 3.63) is 23.3 Å². The van der Waals surface area contributed by atoms with Gasteiger partial charge in [0.25, 0.3) is 0 Å². The number of carbonyl (C=O) groups excluding carboxylic acids is 1. The van der Waals surface area contributed by atoms with E-state index < -0.39 is 0 Å². The molecule has 1 fully saturated rings. The molecule has 1 atom stereocenters. The van der Waals surface area contributed by atoms with E-state index in [2.05, 4.69) is 4.90 Å². The highest BCUT2D eigenvalue weighted by molar-refractivity contribution is 6.03. The maximum atomic E-state index is 13.0. The van der Waals surface area contributed by atoms with Crippen molar-refractivity contribution < 1.29 is 18.7 Å². The first kappa shape index (κ1) is 15.2. The van der Waals surface area contributed by atoms with E-state index in [1.54, 1.807) is 20.3 Å². The van der Waals surface area contributed by atoms with Gasteiger partial charge < -0.3 is 9.47 Å². The van der Waals surface area contributed by atoms with Crippen LogP contribution in [0.25, 0.3) is 0 Å². The lowest BCUT2D eigenvalue weighted by Crippen LogP contribution is -2.45. The Labute approximate surface area is 129 Å². The zero-order chi connectivity index (χ0) is 15.7. The largest absolute Gasteiger partial charge is 0.493 e. The number of methoxy groups -OCH3 is 2. The molecule has 22 heavy (non-hydrogen) atoms. The fourth-order valence-corrected chi connectivity index (χ4v) is 3.26. The Hall–Kier alpha value is -1.66. The third kappa shape index (κ3) is 2.80. The molecule has 1 aromatic rings. The van der Waals surface area contributed by atoms with E-state index >= 15 is 0 Å². The van der Waals surface area contributed by atoms with Crippen molar-refractivity contribution in [1.29, 1.82) is 0 Å². The van der Waals surface area contributed by atoms with Gasteiger partial charge in [0, 0.05) is 44.2 Å². The van der Waals surface area contributed by atoms with Gasteiger partial charge in [-0.1, -0.05) is 0 Å². The SMILES string of the molecule is COc1cc2c(cc1OC)C(=O)C(CN1CCN(F)CC1)C2. The second kappa shape index (κ2) is 6.22. The van der Waals surface area contributed by atoms with E-state index in [1.165, 1.54) is 0 Å². The molecule has 0 N–H and O–H groups in total. The van der Waals surface area contributed by atoms with Crippen LogP contribution in [0.3, 0.4) is 0 Å². The minimum atomic E-state index is -0.0574. The van der Waals surface area contributed by atoms with Gasteiger partial charge in [0.05, 0.1) is 14.2 Å². The number of nitrogens with zero attached hydrogens (tertiary/aromatic N) is 2. The molecule has 0 radical (unpaired) electrons. The van der Waals surface area contributed by atoms with Crippen LogP contribution in [0.5, 0.6) is 11.5 Å². The molecule has 0 saturated carbocycles. The number of carbonyl (C=O) groups is 1. The first-order chi connectivity index (χ1) is 10.6. The molecule has 0 aromatic heterocycles. The van der Waals surface area contributed by atoms with E-state index in [9.17, 15) is 9.28 Å². The lowest BCUT2D eigenvalue weighted by Gasteiger charge is -2.31.